The van der Waals surface area contributed by atoms with Crippen LogP contribution < -0.4 is 4.72 Å². The zero-order chi connectivity index (χ0) is 19.8. The highest BCUT2D eigenvalue weighted by Gasteiger charge is 2.29. The van der Waals surface area contributed by atoms with Gasteiger partial charge in [0.15, 0.2) is 0 Å². The zero-order valence-electron chi connectivity index (χ0n) is 13.8. The number of sulfonamides is 2. The van der Waals surface area contributed by atoms with Gasteiger partial charge in [-0.3, -0.25) is 4.72 Å². The zero-order valence-corrected chi connectivity index (χ0v) is 17.7. The number of hydrogen-bond donors (Lipinski definition) is 1. The predicted octanol–water partition coefficient (Wildman–Crippen LogP) is 4.23. The van der Waals surface area contributed by atoms with Gasteiger partial charge in [0.05, 0.1) is 15.6 Å². The Kier molecular flexibility index (Phi) is 5.96. The Balaban J connectivity index is 1.96. The van der Waals surface area contributed by atoms with Gasteiger partial charge >= 0.3 is 0 Å². The topological polar surface area (TPSA) is 83.5 Å². The van der Waals surface area contributed by atoms with Crippen molar-refractivity contribution in [3.8, 4) is 0 Å². The first-order chi connectivity index (χ1) is 12.6. The molecule has 0 aromatic heterocycles. The van der Waals surface area contributed by atoms with E-state index in [0.29, 0.717) is 13.1 Å². The van der Waals surface area contributed by atoms with Crippen molar-refractivity contribution in [3.05, 3.63) is 51.5 Å². The van der Waals surface area contributed by atoms with Gasteiger partial charge in [-0.1, -0.05) is 34.8 Å². The van der Waals surface area contributed by atoms with E-state index in [9.17, 15) is 16.8 Å². The maximum atomic E-state index is 12.8. The molecule has 0 saturated carbocycles. The van der Waals surface area contributed by atoms with Crippen molar-refractivity contribution in [2.24, 2.45) is 0 Å². The third-order valence-electron chi connectivity index (χ3n) is 4.01. The Hall–Kier alpha value is -1.03. The van der Waals surface area contributed by atoms with E-state index in [1.807, 2.05) is 0 Å². The van der Waals surface area contributed by atoms with Crippen LogP contribution in [0.2, 0.25) is 15.1 Å². The Bertz CT molecular complexity index is 1060. The van der Waals surface area contributed by atoms with Crippen molar-refractivity contribution in [3.63, 3.8) is 0 Å². The Morgan fingerprint density at radius 2 is 1.44 bits per heavy atom. The summed E-state index contributed by atoms with van der Waals surface area (Å²) in [5.41, 5.74) is 0.0632. The lowest BCUT2D eigenvalue weighted by Gasteiger charge is -2.17. The number of halogens is 3. The molecule has 1 aliphatic rings. The standard InChI is InChI=1S/C16H15Cl3N2O4S2/c17-11-7-12(18)9-14(8-11)26(22,23)20-13-3-4-15(19)16(10-13)27(24,25)21-5-1-2-6-21/h3-4,7-10,20H,1-2,5-6H2. The molecule has 0 unspecified atom stereocenters. The molecule has 0 radical (unpaired) electrons. The van der Waals surface area contributed by atoms with Crippen LogP contribution in [0.4, 0.5) is 5.69 Å². The molecule has 6 nitrogen and oxygen atoms in total. The highest BCUT2D eigenvalue weighted by Crippen LogP contribution is 2.31. The van der Waals surface area contributed by atoms with Gasteiger partial charge in [-0.25, -0.2) is 16.8 Å². The molecule has 1 heterocycles. The Labute approximate surface area is 173 Å². The molecule has 3 rings (SSSR count). The molecule has 0 aliphatic carbocycles. The quantitative estimate of drug-likeness (QED) is 0.710. The monoisotopic (exact) mass is 468 g/mol. The number of benzene rings is 2. The summed E-state index contributed by atoms with van der Waals surface area (Å²) in [7, 11) is -7.82. The lowest BCUT2D eigenvalue weighted by molar-refractivity contribution is 0.477. The van der Waals surface area contributed by atoms with Gasteiger partial charge < -0.3 is 0 Å². The van der Waals surface area contributed by atoms with Crippen molar-refractivity contribution in [2.75, 3.05) is 17.8 Å². The average molecular weight is 470 g/mol. The maximum Gasteiger partial charge on any atom is 0.261 e. The molecular formula is C16H15Cl3N2O4S2. The third kappa shape index (κ3) is 4.52. The van der Waals surface area contributed by atoms with Crippen LogP contribution in [0.3, 0.4) is 0 Å². The summed E-state index contributed by atoms with van der Waals surface area (Å²) in [6, 6.07) is 7.83. The van der Waals surface area contributed by atoms with E-state index in [1.54, 1.807) is 0 Å². The molecule has 1 fully saturated rings. The SMILES string of the molecule is O=S(=O)(Nc1ccc(Cl)c(S(=O)(=O)N2CCCC2)c1)c1cc(Cl)cc(Cl)c1. The van der Waals surface area contributed by atoms with E-state index in [0.717, 1.165) is 12.8 Å². The van der Waals surface area contributed by atoms with Crippen molar-refractivity contribution < 1.29 is 16.8 Å². The van der Waals surface area contributed by atoms with Gasteiger partial charge in [-0.2, -0.15) is 4.31 Å². The van der Waals surface area contributed by atoms with Gasteiger partial charge in [0.25, 0.3) is 10.0 Å². The molecule has 2 aromatic rings. The first kappa shape index (κ1) is 20.7. The van der Waals surface area contributed by atoms with E-state index in [-0.39, 0.29) is 30.5 Å². The number of hydrogen-bond acceptors (Lipinski definition) is 4. The van der Waals surface area contributed by atoms with Crippen LogP contribution >= 0.6 is 34.8 Å². The Morgan fingerprint density at radius 3 is 2.04 bits per heavy atom. The van der Waals surface area contributed by atoms with Crippen LogP contribution in [0.25, 0.3) is 0 Å². The van der Waals surface area contributed by atoms with E-state index in [4.69, 9.17) is 34.8 Å². The summed E-state index contributed by atoms with van der Waals surface area (Å²) in [5, 5.41) is 0.350. The van der Waals surface area contributed by atoms with Crippen molar-refractivity contribution >= 4 is 60.5 Å². The minimum Gasteiger partial charge on any atom is -0.280 e. The van der Waals surface area contributed by atoms with E-state index in [2.05, 4.69) is 4.72 Å². The van der Waals surface area contributed by atoms with Crippen LogP contribution in [-0.4, -0.2) is 34.2 Å². The number of nitrogens with zero attached hydrogens (tertiary/aromatic N) is 1. The van der Waals surface area contributed by atoms with Crippen LogP contribution in [0, 0.1) is 0 Å². The molecule has 1 saturated heterocycles. The molecule has 1 N–H and O–H groups in total. The van der Waals surface area contributed by atoms with Crippen molar-refractivity contribution in [1.29, 1.82) is 0 Å². The second-order valence-corrected chi connectivity index (χ2v) is 10.8. The summed E-state index contributed by atoms with van der Waals surface area (Å²) < 4.78 is 54.4. The largest absolute Gasteiger partial charge is 0.280 e. The van der Waals surface area contributed by atoms with Gasteiger partial charge in [0.1, 0.15) is 4.90 Å². The molecule has 27 heavy (non-hydrogen) atoms. The molecule has 0 amide bonds. The van der Waals surface area contributed by atoms with Crippen LogP contribution in [0.1, 0.15) is 12.8 Å². The second kappa shape index (κ2) is 7.77. The van der Waals surface area contributed by atoms with E-state index >= 15 is 0 Å². The van der Waals surface area contributed by atoms with E-state index < -0.39 is 20.0 Å². The molecule has 0 atom stereocenters. The summed E-state index contributed by atoms with van der Waals surface area (Å²) >= 11 is 17.8. The fourth-order valence-electron chi connectivity index (χ4n) is 2.73. The lowest BCUT2D eigenvalue weighted by atomic mass is 10.3. The second-order valence-electron chi connectivity index (χ2n) is 5.97. The van der Waals surface area contributed by atoms with Crippen LogP contribution in [0.15, 0.2) is 46.2 Å². The molecule has 0 spiro atoms. The summed E-state index contributed by atoms with van der Waals surface area (Å²) in [4.78, 5) is -0.283. The molecule has 0 bridgehead atoms. The van der Waals surface area contributed by atoms with Gasteiger partial charge in [0.2, 0.25) is 10.0 Å². The number of nitrogens with one attached hydrogen (secondary N) is 1. The first-order valence-electron chi connectivity index (χ1n) is 7.88. The smallest absolute Gasteiger partial charge is 0.261 e. The van der Waals surface area contributed by atoms with Crippen molar-refractivity contribution in [2.45, 2.75) is 22.6 Å². The first-order valence-corrected chi connectivity index (χ1v) is 11.9. The van der Waals surface area contributed by atoms with Crippen molar-refractivity contribution in [1.82, 2.24) is 4.31 Å². The highest BCUT2D eigenvalue weighted by atomic mass is 35.5. The lowest BCUT2D eigenvalue weighted by Crippen LogP contribution is -2.28. The van der Waals surface area contributed by atoms with Crippen LogP contribution in [0.5, 0.6) is 0 Å². The molecular weight excluding hydrogens is 455 g/mol. The van der Waals surface area contributed by atoms with E-state index in [1.165, 1.54) is 40.7 Å². The molecule has 1 aliphatic heterocycles. The highest BCUT2D eigenvalue weighted by molar-refractivity contribution is 7.92. The molecule has 2 aromatic carbocycles. The summed E-state index contributed by atoms with van der Waals surface area (Å²) in [5.74, 6) is 0. The minimum absolute atomic E-state index is 0.0237. The Morgan fingerprint density at radius 1 is 0.852 bits per heavy atom. The maximum absolute atomic E-state index is 12.8. The molecule has 146 valence electrons. The number of rotatable bonds is 5. The summed E-state index contributed by atoms with van der Waals surface area (Å²) in [6.07, 6.45) is 1.55. The fourth-order valence-corrected chi connectivity index (χ4v) is 6.52. The fraction of sp³-hybridized carbons (Fsp3) is 0.250. The average Bonchev–Trinajstić information content (AvgIpc) is 3.11. The number of anilines is 1. The van der Waals surface area contributed by atoms with Gasteiger partial charge in [0, 0.05) is 23.1 Å². The normalized spacial score (nSPS) is 15.8. The van der Waals surface area contributed by atoms with Crippen LogP contribution in [-0.2, 0) is 20.0 Å². The van der Waals surface area contributed by atoms with Gasteiger partial charge in [-0.15, -0.1) is 0 Å². The third-order valence-corrected chi connectivity index (χ3v) is 8.19. The summed E-state index contributed by atoms with van der Waals surface area (Å²) in [6.45, 7) is 0.825. The minimum atomic E-state index is -4.02. The van der Waals surface area contributed by atoms with Gasteiger partial charge in [-0.05, 0) is 49.2 Å². The predicted molar refractivity (Wildman–Crippen MR) is 107 cm³/mol. The molecule has 11 heteroatoms.